The summed E-state index contributed by atoms with van der Waals surface area (Å²) in [6.07, 6.45) is 1.17. The Morgan fingerprint density at radius 2 is 1.83 bits per heavy atom. The molecule has 0 atom stereocenters. The van der Waals surface area contributed by atoms with Crippen LogP contribution in [-0.2, 0) is 9.47 Å². The molecular formula is C14H16FNO2. The van der Waals surface area contributed by atoms with Crippen molar-refractivity contribution in [3.05, 3.63) is 42.0 Å². The van der Waals surface area contributed by atoms with E-state index in [2.05, 4.69) is 4.98 Å². The number of halogens is 1. The summed E-state index contributed by atoms with van der Waals surface area (Å²) in [6, 6.07) is 6.49. The third-order valence-corrected chi connectivity index (χ3v) is 2.58. The number of rotatable bonds is 5. The Hall–Kier alpha value is -1.52. The van der Waals surface area contributed by atoms with Crippen molar-refractivity contribution in [1.82, 2.24) is 4.98 Å². The smallest absolute Gasteiger partial charge is 0.201 e. The van der Waals surface area contributed by atoms with E-state index in [0.717, 1.165) is 10.8 Å². The molecular weight excluding hydrogens is 233 g/mol. The van der Waals surface area contributed by atoms with Crippen molar-refractivity contribution in [2.75, 3.05) is 13.2 Å². The standard InChI is InChI=1S/C14H16FNO2/c1-3-17-14(18-4-2)13-8-10-5-6-12(15)7-11(10)9-16-13/h5-9,14H,3-4H2,1-2H3. The van der Waals surface area contributed by atoms with Gasteiger partial charge in [0, 0.05) is 24.8 Å². The van der Waals surface area contributed by atoms with Crippen molar-refractivity contribution in [3.63, 3.8) is 0 Å². The lowest BCUT2D eigenvalue weighted by Gasteiger charge is -2.16. The summed E-state index contributed by atoms with van der Waals surface area (Å²) in [6.45, 7) is 4.91. The van der Waals surface area contributed by atoms with Gasteiger partial charge in [-0.05, 0) is 37.4 Å². The van der Waals surface area contributed by atoms with E-state index in [1.165, 1.54) is 12.1 Å². The molecule has 0 bridgehead atoms. The fraction of sp³-hybridized carbons (Fsp3) is 0.357. The summed E-state index contributed by atoms with van der Waals surface area (Å²) in [7, 11) is 0. The topological polar surface area (TPSA) is 31.4 Å². The lowest BCUT2D eigenvalue weighted by Crippen LogP contribution is -2.10. The van der Waals surface area contributed by atoms with Gasteiger partial charge >= 0.3 is 0 Å². The van der Waals surface area contributed by atoms with Crippen molar-refractivity contribution in [1.29, 1.82) is 0 Å². The molecule has 0 saturated heterocycles. The minimum absolute atomic E-state index is 0.261. The highest BCUT2D eigenvalue weighted by atomic mass is 19.1. The van der Waals surface area contributed by atoms with E-state index in [4.69, 9.17) is 9.47 Å². The zero-order valence-corrected chi connectivity index (χ0v) is 10.5. The van der Waals surface area contributed by atoms with E-state index in [9.17, 15) is 4.39 Å². The van der Waals surface area contributed by atoms with E-state index < -0.39 is 6.29 Å². The van der Waals surface area contributed by atoms with Crippen LogP contribution in [0.25, 0.3) is 10.8 Å². The van der Waals surface area contributed by atoms with Crippen molar-refractivity contribution in [2.24, 2.45) is 0 Å². The van der Waals surface area contributed by atoms with E-state index in [1.807, 2.05) is 19.9 Å². The van der Waals surface area contributed by atoms with E-state index in [0.29, 0.717) is 18.9 Å². The van der Waals surface area contributed by atoms with Crippen LogP contribution in [0.2, 0.25) is 0 Å². The first-order valence-corrected chi connectivity index (χ1v) is 6.03. The third kappa shape index (κ3) is 2.83. The molecule has 0 radical (unpaired) electrons. The Morgan fingerprint density at radius 1 is 1.11 bits per heavy atom. The van der Waals surface area contributed by atoms with Crippen LogP contribution >= 0.6 is 0 Å². The predicted octanol–water partition coefficient (Wildman–Crippen LogP) is 3.45. The Labute approximate surface area is 106 Å². The van der Waals surface area contributed by atoms with Crippen molar-refractivity contribution in [3.8, 4) is 0 Å². The van der Waals surface area contributed by atoms with Gasteiger partial charge < -0.3 is 9.47 Å². The average Bonchev–Trinajstić information content (AvgIpc) is 2.38. The predicted molar refractivity (Wildman–Crippen MR) is 67.7 cm³/mol. The molecule has 2 rings (SSSR count). The zero-order valence-electron chi connectivity index (χ0n) is 10.5. The largest absolute Gasteiger partial charge is 0.347 e. The molecule has 1 aromatic carbocycles. The van der Waals surface area contributed by atoms with Crippen LogP contribution in [0.15, 0.2) is 30.5 Å². The number of fused-ring (bicyclic) bond motifs is 1. The molecule has 1 aromatic heterocycles. The highest BCUT2D eigenvalue weighted by Gasteiger charge is 2.13. The minimum Gasteiger partial charge on any atom is -0.347 e. The average molecular weight is 249 g/mol. The van der Waals surface area contributed by atoms with E-state index in [-0.39, 0.29) is 5.82 Å². The fourth-order valence-corrected chi connectivity index (χ4v) is 1.78. The monoisotopic (exact) mass is 249 g/mol. The molecule has 2 aromatic rings. The number of hydrogen-bond acceptors (Lipinski definition) is 3. The maximum atomic E-state index is 13.1. The molecule has 0 amide bonds. The third-order valence-electron chi connectivity index (χ3n) is 2.58. The molecule has 0 aliphatic rings. The van der Waals surface area contributed by atoms with Crippen LogP contribution in [0.1, 0.15) is 25.8 Å². The van der Waals surface area contributed by atoms with Crippen LogP contribution in [0.5, 0.6) is 0 Å². The van der Waals surface area contributed by atoms with Gasteiger partial charge in [-0.15, -0.1) is 0 Å². The lowest BCUT2D eigenvalue weighted by atomic mass is 10.1. The molecule has 0 fully saturated rings. The second kappa shape index (κ2) is 5.89. The minimum atomic E-state index is -0.463. The summed E-state index contributed by atoms with van der Waals surface area (Å²) >= 11 is 0. The van der Waals surface area contributed by atoms with Gasteiger partial charge in [0.2, 0.25) is 6.29 Å². The van der Waals surface area contributed by atoms with E-state index >= 15 is 0 Å². The molecule has 96 valence electrons. The first-order valence-electron chi connectivity index (χ1n) is 6.03. The quantitative estimate of drug-likeness (QED) is 0.760. The van der Waals surface area contributed by atoms with Crippen molar-refractivity contribution in [2.45, 2.75) is 20.1 Å². The highest BCUT2D eigenvalue weighted by Crippen LogP contribution is 2.22. The number of nitrogens with zero attached hydrogens (tertiary/aromatic N) is 1. The van der Waals surface area contributed by atoms with Gasteiger partial charge in [-0.2, -0.15) is 0 Å². The normalized spacial score (nSPS) is 11.3. The summed E-state index contributed by atoms with van der Waals surface area (Å²) < 4.78 is 24.0. The first kappa shape index (κ1) is 12.9. The molecule has 0 aliphatic heterocycles. The Morgan fingerprint density at radius 3 is 2.50 bits per heavy atom. The van der Waals surface area contributed by atoms with Crippen molar-refractivity contribution >= 4 is 10.8 Å². The van der Waals surface area contributed by atoms with Gasteiger partial charge in [0.25, 0.3) is 0 Å². The fourth-order valence-electron chi connectivity index (χ4n) is 1.78. The summed E-state index contributed by atoms with van der Waals surface area (Å²) in [4.78, 5) is 4.27. The number of ether oxygens (including phenoxy) is 2. The maximum absolute atomic E-state index is 13.1. The number of pyridine rings is 1. The van der Waals surface area contributed by atoms with Crippen LogP contribution in [0.4, 0.5) is 4.39 Å². The number of aromatic nitrogens is 1. The molecule has 3 nitrogen and oxygen atoms in total. The molecule has 18 heavy (non-hydrogen) atoms. The molecule has 1 heterocycles. The van der Waals surface area contributed by atoms with Crippen LogP contribution in [0.3, 0.4) is 0 Å². The Balaban J connectivity index is 2.35. The molecule has 0 N–H and O–H groups in total. The molecule has 4 heteroatoms. The molecule has 0 spiro atoms. The second-order valence-electron chi connectivity index (χ2n) is 3.84. The van der Waals surface area contributed by atoms with Crippen LogP contribution in [-0.4, -0.2) is 18.2 Å². The van der Waals surface area contributed by atoms with Gasteiger partial charge in [-0.25, -0.2) is 4.39 Å². The second-order valence-corrected chi connectivity index (χ2v) is 3.84. The zero-order chi connectivity index (χ0) is 13.0. The van der Waals surface area contributed by atoms with Crippen molar-refractivity contribution < 1.29 is 13.9 Å². The lowest BCUT2D eigenvalue weighted by molar-refractivity contribution is -0.142. The van der Waals surface area contributed by atoms with Gasteiger partial charge in [0.15, 0.2) is 0 Å². The maximum Gasteiger partial charge on any atom is 0.201 e. The van der Waals surface area contributed by atoms with Crippen LogP contribution < -0.4 is 0 Å². The Bertz CT molecular complexity index is 524. The molecule has 0 unspecified atom stereocenters. The summed E-state index contributed by atoms with van der Waals surface area (Å²) in [5.41, 5.74) is 0.706. The Kier molecular flexibility index (Phi) is 4.23. The number of benzene rings is 1. The van der Waals surface area contributed by atoms with Gasteiger partial charge in [-0.1, -0.05) is 6.07 Å². The van der Waals surface area contributed by atoms with Gasteiger partial charge in [0.05, 0.1) is 5.69 Å². The van der Waals surface area contributed by atoms with Gasteiger partial charge in [0.1, 0.15) is 5.82 Å². The summed E-state index contributed by atoms with van der Waals surface area (Å²) in [5.74, 6) is -0.261. The number of hydrogen-bond donors (Lipinski definition) is 0. The van der Waals surface area contributed by atoms with Gasteiger partial charge in [-0.3, -0.25) is 4.98 Å². The first-order chi connectivity index (χ1) is 8.74. The highest BCUT2D eigenvalue weighted by molar-refractivity contribution is 5.81. The van der Waals surface area contributed by atoms with Crippen LogP contribution in [0, 0.1) is 5.82 Å². The van der Waals surface area contributed by atoms with E-state index in [1.54, 1.807) is 12.3 Å². The molecule has 0 saturated carbocycles. The SMILES string of the molecule is CCOC(OCC)c1cc2ccc(F)cc2cn1. The summed E-state index contributed by atoms with van der Waals surface area (Å²) in [5, 5.41) is 1.69. The molecule has 0 aliphatic carbocycles.